The van der Waals surface area contributed by atoms with Crippen molar-refractivity contribution in [3.8, 4) is 5.69 Å². The fourth-order valence-electron chi connectivity index (χ4n) is 1.34. The first-order chi connectivity index (χ1) is 7.88. The molecule has 0 atom stereocenters. The van der Waals surface area contributed by atoms with Gasteiger partial charge in [0.2, 0.25) is 0 Å². The van der Waals surface area contributed by atoms with Crippen molar-refractivity contribution in [2.45, 2.75) is 6.18 Å². The van der Waals surface area contributed by atoms with E-state index in [1.807, 2.05) is 0 Å². The molecule has 2 aromatic rings. The number of imidazole rings is 1. The molecular weight excluding hydrogens is 304 g/mol. The minimum Gasteiger partial charge on any atom is -0.275 e. The summed E-state index contributed by atoms with van der Waals surface area (Å²) < 4.78 is 51.8. The molecule has 0 spiro atoms. The van der Waals surface area contributed by atoms with Crippen LogP contribution in [0.15, 0.2) is 35.1 Å². The van der Waals surface area contributed by atoms with Crippen LogP contribution in [0.1, 0.15) is 5.56 Å². The Balaban J connectivity index is 2.50. The number of hydrogen-bond donors (Lipinski definition) is 0. The van der Waals surface area contributed by atoms with Gasteiger partial charge >= 0.3 is 6.18 Å². The first-order valence-electron chi connectivity index (χ1n) is 4.46. The monoisotopic (exact) mass is 308 g/mol. The Morgan fingerprint density at radius 3 is 2.47 bits per heavy atom. The Hall–Kier alpha value is -1.37. The quantitative estimate of drug-likeness (QED) is 0.733. The molecule has 17 heavy (non-hydrogen) atoms. The van der Waals surface area contributed by atoms with Gasteiger partial charge in [-0.05, 0) is 34.1 Å². The highest BCUT2D eigenvalue weighted by Gasteiger charge is 2.30. The zero-order valence-electron chi connectivity index (χ0n) is 8.17. The van der Waals surface area contributed by atoms with E-state index in [2.05, 4.69) is 20.9 Å². The molecule has 90 valence electrons. The predicted octanol–water partition coefficient (Wildman–Crippen LogP) is 3.79. The molecule has 0 amide bonds. The van der Waals surface area contributed by atoms with Crippen molar-refractivity contribution in [1.82, 2.24) is 9.55 Å². The lowest BCUT2D eigenvalue weighted by Gasteiger charge is -2.09. The SMILES string of the molecule is Fc1nc(Br)cn1-c1cccc(C(F)(F)F)c1. The van der Waals surface area contributed by atoms with Crippen LogP contribution in [0.5, 0.6) is 0 Å². The molecule has 0 fully saturated rings. The maximum absolute atomic E-state index is 13.3. The van der Waals surface area contributed by atoms with Gasteiger partial charge < -0.3 is 0 Å². The third kappa shape index (κ3) is 2.49. The van der Waals surface area contributed by atoms with Crippen LogP contribution in [0.4, 0.5) is 17.6 Å². The van der Waals surface area contributed by atoms with E-state index in [1.54, 1.807) is 0 Å². The Bertz CT molecular complexity index is 547. The van der Waals surface area contributed by atoms with Crippen LogP contribution in [-0.2, 0) is 6.18 Å². The molecule has 2 rings (SSSR count). The molecule has 0 saturated carbocycles. The minimum atomic E-state index is -4.45. The first-order valence-corrected chi connectivity index (χ1v) is 5.25. The molecule has 1 heterocycles. The normalized spacial score (nSPS) is 11.8. The zero-order valence-corrected chi connectivity index (χ0v) is 9.76. The van der Waals surface area contributed by atoms with Crippen LogP contribution < -0.4 is 0 Å². The lowest BCUT2D eigenvalue weighted by molar-refractivity contribution is -0.137. The lowest BCUT2D eigenvalue weighted by Crippen LogP contribution is -2.06. The summed E-state index contributed by atoms with van der Waals surface area (Å²) in [6, 6.07) is 4.36. The smallest absolute Gasteiger partial charge is 0.275 e. The van der Waals surface area contributed by atoms with Crippen LogP contribution in [0.25, 0.3) is 5.69 Å². The summed E-state index contributed by atoms with van der Waals surface area (Å²) in [5, 5.41) is 0. The number of rotatable bonds is 1. The number of alkyl halides is 3. The third-order valence-corrected chi connectivity index (χ3v) is 2.47. The van der Waals surface area contributed by atoms with Gasteiger partial charge in [0.05, 0.1) is 5.56 Å². The van der Waals surface area contributed by atoms with Crippen molar-refractivity contribution in [1.29, 1.82) is 0 Å². The van der Waals surface area contributed by atoms with E-state index in [4.69, 9.17) is 0 Å². The van der Waals surface area contributed by atoms with E-state index >= 15 is 0 Å². The topological polar surface area (TPSA) is 17.8 Å². The van der Waals surface area contributed by atoms with Gasteiger partial charge in [0.1, 0.15) is 4.60 Å². The fraction of sp³-hybridized carbons (Fsp3) is 0.100. The standard InChI is InChI=1S/C10H5BrF4N2/c11-8-5-17(9(12)16-8)7-3-1-2-6(4-7)10(13,14)15/h1-5H. The Morgan fingerprint density at radius 2 is 1.94 bits per heavy atom. The number of benzene rings is 1. The van der Waals surface area contributed by atoms with E-state index in [-0.39, 0.29) is 10.3 Å². The van der Waals surface area contributed by atoms with Gasteiger partial charge in [0, 0.05) is 11.9 Å². The number of hydrogen-bond acceptors (Lipinski definition) is 1. The highest BCUT2D eigenvalue weighted by molar-refractivity contribution is 9.10. The molecule has 7 heteroatoms. The van der Waals surface area contributed by atoms with Crippen LogP contribution >= 0.6 is 15.9 Å². The minimum absolute atomic E-state index is 0.0653. The first kappa shape index (κ1) is 12.1. The van der Waals surface area contributed by atoms with Crippen molar-refractivity contribution >= 4 is 15.9 Å². The van der Waals surface area contributed by atoms with Crippen LogP contribution in [0.2, 0.25) is 0 Å². The van der Waals surface area contributed by atoms with Gasteiger partial charge in [0.25, 0.3) is 6.08 Å². The average molecular weight is 309 g/mol. The molecule has 2 nitrogen and oxygen atoms in total. The molecule has 0 bridgehead atoms. The molecule has 0 aliphatic carbocycles. The highest BCUT2D eigenvalue weighted by atomic mass is 79.9. The summed E-state index contributed by atoms with van der Waals surface area (Å²) in [7, 11) is 0. The molecular formula is C10H5BrF4N2. The predicted molar refractivity (Wildman–Crippen MR) is 56.2 cm³/mol. The van der Waals surface area contributed by atoms with Crippen LogP contribution in [-0.4, -0.2) is 9.55 Å². The van der Waals surface area contributed by atoms with E-state index in [9.17, 15) is 17.6 Å². The van der Waals surface area contributed by atoms with Crippen molar-refractivity contribution in [3.63, 3.8) is 0 Å². The van der Waals surface area contributed by atoms with Gasteiger partial charge in [-0.3, -0.25) is 4.57 Å². The summed E-state index contributed by atoms with van der Waals surface area (Å²) >= 11 is 2.94. The number of nitrogens with zero attached hydrogens (tertiary/aromatic N) is 2. The van der Waals surface area contributed by atoms with Crippen molar-refractivity contribution in [2.24, 2.45) is 0 Å². The molecule has 0 saturated heterocycles. The van der Waals surface area contributed by atoms with Crippen LogP contribution in [0, 0.1) is 6.08 Å². The Labute approximate surface area is 102 Å². The third-order valence-electron chi connectivity index (χ3n) is 2.09. The number of halogens is 5. The molecule has 0 radical (unpaired) electrons. The van der Waals surface area contributed by atoms with Gasteiger partial charge in [-0.1, -0.05) is 6.07 Å². The Morgan fingerprint density at radius 1 is 1.24 bits per heavy atom. The molecule has 0 aliphatic rings. The summed E-state index contributed by atoms with van der Waals surface area (Å²) in [6.07, 6.45) is -4.08. The van der Waals surface area contributed by atoms with Gasteiger partial charge in [-0.15, -0.1) is 0 Å². The van der Waals surface area contributed by atoms with Crippen molar-refractivity contribution < 1.29 is 17.6 Å². The summed E-state index contributed by atoms with van der Waals surface area (Å²) in [5.74, 6) is 0. The summed E-state index contributed by atoms with van der Waals surface area (Å²) in [6.45, 7) is 0. The van der Waals surface area contributed by atoms with Crippen LogP contribution in [0.3, 0.4) is 0 Å². The largest absolute Gasteiger partial charge is 0.416 e. The second-order valence-electron chi connectivity index (χ2n) is 3.25. The fourth-order valence-corrected chi connectivity index (χ4v) is 1.69. The van der Waals surface area contributed by atoms with Crippen molar-refractivity contribution in [2.75, 3.05) is 0 Å². The molecule has 1 aromatic carbocycles. The highest BCUT2D eigenvalue weighted by Crippen LogP contribution is 2.30. The second kappa shape index (κ2) is 4.14. The van der Waals surface area contributed by atoms with E-state index in [1.165, 1.54) is 18.3 Å². The average Bonchev–Trinajstić information content (AvgIpc) is 2.57. The van der Waals surface area contributed by atoms with Gasteiger partial charge in [-0.25, -0.2) is 0 Å². The second-order valence-corrected chi connectivity index (χ2v) is 4.06. The maximum Gasteiger partial charge on any atom is 0.416 e. The molecule has 0 aliphatic heterocycles. The molecule has 0 unspecified atom stereocenters. The number of aromatic nitrogens is 2. The van der Waals surface area contributed by atoms with Gasteiger partial charge in [-0.2, -0.15) is 22.5 Å². The Kier molecular flexibility index (Phi) is 2.94. The zero-order chi connectivity index (χ0) is 12.6. The van der Waals surface area contributed by atoms with Crippen molar-refractivity contribution in [3.05, 3.63) is 46.7 Å². The van der Waals surface area contributed by atoms with E-state index in [0.29, 0.717) is 0 Å². The van der Waals surface area contributed by atoms with Gasteiger partial charge in [0.15, 0.2) is 0 Å². The maximum atomic E-state index is 13.3. The molecule has 0 N–H and O–H groups in total. The lowest BCUT2D eigenvalue weighted by atomic mass is 10.2. The molecule has 1 aromatic heterocycles. The van der Waals surface area contributed by atoms with E-state index < -0.39 is 17.8 Å². The van der Waals surface area contributed by atoms with E-state index in [0.717, 1.165) is 16.7 Å². The summed E-state index contributed by atoms with van der Waals surface area (Å²) in [4.78, 5) is 3.41. The summed E-state index contributed by atoms with van der Waals surface area (Å²) in [5.41, 5.74) is -0.769.